The van der Waals surface area contributed by atoms with Gasteiger partial charge in [0.05, 0.1) is 37.6 Å². The number of likely N-dealkylation sites (tertiary alicyclic amines) is 1. The third-order valence-corrected chi connectivity index (χ3v) is 8.21. The van der Waals surface area contributed by atoms with Gasteiger partial charge in [0.15, 0.2) is 0 Å². The standard InChI is InChI=1S/C24H26Cl2N2O5S.C7H8O/c1-3-19(14-27-34(32)33)28-22(15-7-9-17(25)10-8-15)20(16-5-4-6-18(26)11-16)12-24(2,23(28)31)13-21(29)30;1-8-7-5-3-2-4-6-7/h4-11,19-20,22H,3,12-14H2,1-2H3,(H,29,30);2-6H,1H3/t19?,20-,22-,24-;/m1./s1. The third kappa shape index (κ3) is 8.56. The minimum atomic E-state index is -2.63. The Bertz CT molecular complexity index is 1490. The second-order valence-electron chi connectivity index (χ2n) is 10.3. The van der Waals surface area contributed by atoms with Crippen LogP contribution in [0.25, 0.3) is 0 Å². The lowest BCUT2D eigenvalue weighted by Gasteiger charge is -2.51. The van der Waals surface area contributed by atoms with Crippen molar-refractivity contribution in [3.63, 3.8) is 0 Å². The Labute approximate surface area is 257 Å². The molecule has 1 amide bonds. The van der Waals surface area contributed by atoms with Gasteiger partial charge in [0.25, 0.3) is 0 Å². The molecule has 3 aromatic rings. The number of carboxylic acids is 1. The maximum absolute atomic E-state index is 13.9. The van der Waals surface area contributed by atoms with E-state index in [4.69, 9.17) is 27.9 Å². The van der Waals surface area contributed by atoms with E-state index in [1.807, 2.05) is 67.6 Å². The van der Waals surface area contributed by atoms with Gasteiger partial charge in [0.1, 0.15) is 5.75 Å². The minimum absolute atomic E-state index is 0.117. The number of aliphatic carboxylic acids is 1. The number of hydrogen-bond acceptors (Lipinski definition) is 6. The first-order valence-corrected chi connectivity index (χ1v) is 15.2. The van der Waals surface area contributed by atoms with E-state index in [9.17, 15) is 23.1 Å². The summed E-state index contributed by atoms with van der Waals surface area (Å²) < 4.78 is 30.9. The van der Waals surface area contributed by atoms with Crippen LogP contribution in [-0.2, 0) is 20.1 Å². The Hall–Kier alpha value is -3.40. The van der Waals surface area contributed by atoms with Crippen LogP contribution < -0.4 is 4.74 Å². The highest BCUT2D eigenvalue weighted by molar-refractivity contribution is 7.61. The van der Waals surface area contributed by atoms with Crippen molar-refractivity contribution in [2.24, 2.45) is 9.78 Å². The molecule has 0 saturated carbocycles. The van der Waals surface area contributed by atoms with Gasteiger partial charge in [-0.2, -0.15) is 12.8 Å². The number of carboxylic acid groups (broad SMARTS) is 1. The number of nitrogens with zero attached hydrogens (tertiary/aromatic N) is 2. The SMILES string of the molecule is CCC(CN=S(=O)=O)N1C(=O)[C@@](C)(CC(=O)O)C[C@H](c2cccc(Cl)c2)[C@H]1c1ccc(Cl)cc1.COc1ccccc1. The Morgan fingerprint density at radius 3 is 2.24 bits per heavy atom. The van der Waals surface area contributed by atoms with E-state index in [1.54, 1.807) is 37.1 Å². The summed E-state index contributed by atoms with van der Waals surface area (Å²) in [5, 5.41) is 10.7. The van der Waals surface area contributed by atoms with Gasteiger partial charge in [-0.3, -0.25) is 9.59 Å². The van der Waals surface area contributed by atoms with Gasteiger partial charge in [-0.25, -0.2) is 0 Å². The molecule has 8 nitrogen and oxygen atoms in total. The van der Waals surface area contributed by atoms with Crippen molar-refractivity contribution >= 4 is 45.6 Å². The Morgan fingerprint density at radius 2 is 1.71 bits per heavy atom. The van der Waals surface area contributed by atoms with Crippen molar-refractivity contribution in [1.82, 2.24) is 4.90 Å². The quantitative estimate of drug-likeness (QED) is 0.270. The van der Waals surface area contributed by atoms with Crippen LogP contribution in [0.15, 0.2) is 83.2 Å². The Kier molecular flexibility index (Phi) is 12.0. The number of benzene rings is 3. The molecule has 1 saturated heterocycles. The molecule has 4 rings (SSSR count). The largest absolute Gasteiger partial charge is 0.497 e. The molecule has 1 aliphatic rings. The molecule has 0 aromatic heterocycles. The molecule has 0 spiro atoms. The fraction of sp³-hybridized carbons (Fsp3) is 0.355. The normalized spacial score (nSPS) is 20.6. The maximum Gasteiger partial charge on any atom is 0.311 e. The first-order valence-electron chi connectivity index (χ1n) is 13.4. The molecular weight excluding hydrogens is 599 g/mol. The zero-order valence-corrected chi connectivity index (χ0v) is 25.9. The van der Waals surface area contributed by atoms with E-state index in [-0.39, 0.29) is 31.2 Å². The summed E-state index contributed by atoms with van der Waals surface area (Å²) in [5.41, 5.74) is 0.466. The van der Waals surface area contributed by atoms with Gasteiger partial charge in [0.2, 0.25) is 5.91 Å². The topological polar surface area (TPSA) is 113 Å². The second kappa shape index (κ2) is 15.2. The molecule has 1 aliphatic heterocycles. The monoisotopic (exact) mass is 632 g/mol. The van der Waals surface area contributed by atoms with E-state index in [2.05, 4.69) is 4.36 Å². The number of para-hydroxylation sites is 1. The fourth-order valence-electron chi connectivity index (χ4n) is 5.40. The third-order valence-electron chi connectivity index (χ3n) is 7.37. The van der Waals surface area contributed by atoms with Gasteiger partial charge < -0.3 is 14.7 Å². The molecule has 42 heavy (non-hydrogen) atoms. The highest BCUT2D eigenvalue weighted by Crippen LogP contribution is 2.52. The van der Waals surface area contributed by atoms with Gasteiger partial charge in [-0.1, -0.05) is 79.5 Å². The van der Waals surface area contributed by atoms with Crippen molar-refractivity contribution in [2.75, 3.05) is 13.7 Å². The van der Waals surface area contributed by atoms with Gasteiger partial charge in [-0.05, 0) is 60.4 Å². The van der Waals surface area contributed by atoms with E-state index in [1.165, 1.54) is 0 Å². The van der Waals surface area contributed by atoms with Gasteiger partial charge in [-0.15, -0.1) is 0 Å². The van der Waals surface area contributed by atoms with E-state index < -0.39 is 34.0 Å². The molecule has 224 valence electrons. The van der Waals surface area contributed by atoms with Crippen LogP contribution in [0.3, 0.4) is 0 Å². The Balaban J connectivity index is 0.000000521. The van der Waals surface area contributed by atoms with E-state index >= 15 is 0 Å². The van der Waals surface area contributed by atoms with Crippen LogP contribution in [0.1, 0.15) is 56.2 Å². The zero-order chi connectivity index (χ0) is 30.9. The molecule has 11 heteroatoms. The zero-order valence-electron chi connectivity index (χ0n) is 23.6. The first-order chi connectivity index (χ1) is 20.0. The molecule has 4 atom stereocenters. The highest BCUT2D eigenvalue weighted by atomic mass is 35.5. The number of rotatable bonds is 9. The molecule has 0 radical (unpaired) electrons. The maximum atomic E-state index is 13.9. The fourth-order valence-corrected chi connectivity index (χ4v) is 6.02. The minimum Gasteiger partial charge on any atom is -0.497 e. The molecule has 3 aromatic carbocycles. The van der Waals surface area contributed by atoms with Crippen LogP contribution in [0.4, 0.5) is 0 Å². The predicted octanol–water partition coefficient (Wildman–Crippen LogP) is 7.07. The molecule has 1 unspecified atom stereocenters. The summed E-state index contributed by atoms with van der Waals surface area (Å²) in [6.45, 7) is 3.38. The van der Waals surface area contributed by atoms with Crippen LogP contribution >= 0.6 is 23.2 Å². The number of piperidine rings is 1. The highest BCUT2D eigenvalue weighted by Gasteiger charge is 2.52. The average Bonchev–Trinajstić information content (AvgIpc) is 2.96. The molecule has 0 aliphatic carbocycles. The predicted molar refractivity (Wildman–Crippen MR) is 163 cm³/mol. The van der Waals surface area contributed by atoms with Crippen molar-refractivity contribution in [1.29, 1.82) is 0 Å². The number of hydrogen-bond donors (Lipinski definition) is 1. The average molecular weight is 634 g/mol. The number of ether oxygens (including phenoxy) is 1. The lowest BCUT2D eigenvalue weighted by Crippen LogP contribution is -2.56. The lowest BCUT2D eigenvalue weighted by atomic mass is 9.67. The number of methoxy groups -OCH3 is 1. The summed E-state index contributed by atoms with van der Waals surface area (Å²) >= 11 is 12.4. The smallest absolute Gasteiger partial charge is 0.311 e. The Morgan fingerprint density at radius 1 is 1.05 bits per heavy atom. The van der Waals surface area contributed by atoms with E-state index in [0.29, 0.717) is 16.5 Å². The molecular formula is C31H34Cl2N2O6S. The molecule has 0 bridgehead atoms. The van der Waals surface area contributed by atoms with Gasteiger partial charge in [0, 0.05) is 16.0 Å². The van der Waals surface area contributed by atoms with Crippen LogP contribution in [-0.4, -0.2) is 50.0 Å². The van der Waals surface area contributed by atoms with Crippen molar-refractivity contribution < 1.29 is 27.9 Å². The number of carbonyl (C=O) groups is 2. The van der Waals surface area contributed by atoms with Crippen molar-refractivity contribution in [2.45, 2.75) is 51.1 Å². The van der Waals surface area contributed by atoms with Crippen molar-refractivity contribution in [3.8, 4) is 5.75 Å². The number of carbonyl (C=O) groups excluding carboxylic acids is 1. The van der Waals surface area contributed by atoms with Gasteiger partial charge >= 0.3 is 16.5 Å². The van der Waals surface area contributed by atoms with Crippen LogP contribution in [0.2, 0.25) is 10.0 Å². The summed E-state index contributed by atoms with van der Waals surface area (Å²) in [6.07, 6.45) is 0.360. The molecule has 1 heterocycles. The second-order valence-corrected chi connectivity index (χ2v) is 11.9. The van der Waals surface area contributed by atoms with Crippen molar-refractivity contribution in [3.05, 3.63) is 100 Å². The molecule has 1 fully saturated rings. The summed E-state index contributed by atoms with van der Waals surface area (Å²) in [7, 11) is -0.968. The molecule has 1 N–H and O–H groups in total. The van der Waals surface area contributed by atoms with E-state index in [0.717, 1.165) is 16.9 Å². The summed E-state index contributed by atoms with van der Waals surface area (Å²) in [4.78, 5) is 27.3. The summed E-state index contributed by atoms with van der Waals surface area (Å²) in [6, 6.07) is 23.1. The van der Waals surface area contributed by atoms with Crippen LogP contribution in [0.5, 0.6) is 5.75 Å². The van der Waals surface area contributed by atoms with Crippen LogP contribution in [0, 0.1) is 5.41 Å². The number of amides is 1. The first kappa shape index (κ1) is 33.1. The lowest BCUT2D eigenvalue weighted by molar-refractivity contribution is -0.160. The summed E-state index contributed by atoms with van der Waals surface area (Å²) in [5.74, 6) is -0.808. The number of halogens is 2.